The van der Waals surface area contributed by atoms with Crippen molar-refractivity contribution in [3.63, 3.8) is 0 Å². The quantitative estimate of drug-likeness (QED) is 0.491. The lowest BCUT2D eigenvalue weighted by molar-refractivity contribution is -0.110. The van der Waals surface area contributed by atoms with Gasteiger partial charge in [-0.05, 0) is 30.2 Å². The maximum Gasteiger partial charge on any atom is 0.222 e. The van der Waals surface area contributed by atoms with E-state index in [0.717, 1.165) is 33.6 Å². The van der Waals surface area contributed by atoms with Crippen LogP contribution < -0.4 is 0 Å². The minimum Gasteiger partial charge on any atom is -0.283 e. The molecule has 0 aliphatic heterocycles. The topological polar surface area (TPSA) is 68.6 Å². The van der Waals surface area contributed by atoms with Gasteiger partial charge in [0.2, 0.25) is 5.78 Å². The van der Waals surface area contributed by atoms with Crippen LogP contribution in [0.1, 0.15) is 11.1 Å². The van der Waals surface area contributed by atoms with Crippen molar-refractivity contribution in [1.29, 1.82) is 0 Å². The third-order valence-electron chi connectivity index (χ3n) is 4.24. The lowest BCUT2D eigenvalue weighted by atomic mass is 10.1. The minimum absolute atomic E-state index is 0.346. The Morgan fingerprint density at radius 3 is 1.68 bits per heavy atom. The highest BCUT2D eigenvalue weighted by Gasteiger charge is 2.00. The zero-order valence-electron chi connectivity index (χ0n) is 16.4. The van der Waals surface area contributed by atoms with E-state index in [0.29, 0.717) is 0 Å². The number of carbonyl (C=O) groups is 1. The van der Waals surface area contributed by atoms with Crippen molar-refractivity contribution in [2.24, 2.45) is 0 Å². The van der Waals surface area contributed by atoms with Crippen LogP contribution in [0.2, 0.25) is 0 Å². The largest absolute Gasteiger partial charge is 0.283 e. The predicted molar refractivity (Wildman–Crippen MR) is 118 cm³/mol. The summed E-state index contributed by atoms with van der Waals surface area (Å²) in [4.78, 5) is 28.6. The molecule has 31 heavy (non-hydrogen) atoms. The smallest absolute Gasteiger partial charge is 0.222 e. The molecule has 2 aromatic heterocycles. The van der Waals surface area contributed by atoms with Gasteiger partial charge in [-0.3, -0.25) is 24.7 Å². The first-order chi connectivity index (χ1) is 15.3. The van der Waals surface area contributed by atoms with Crippen molar-refractivity contribution in [2.75, 3.05) is 0 Å². The molecule has 145 valence electrons. The molecule has 5 nitrogen and oxygen atoms in total. The van der Waals surface area contributed by atoms with Gasteiger partial charge in [-0.1, -0.05) is 42.0 Å². The van der Waals surface area contributed by atoms with Crippen LogP contribution >= 0.6 is 0 Å². The van der Waals surface area contributed by atoms with Gasteiger partial charge < -0.3 is 0 Å². The third-order valence-corrected chi connectivity index (χ3v) is 4.24. The number of rotatable bonds is 3. The summed E-state index contributed by atoms with van der Waals surface area (Å²) in [5.41, 5.74) is 5.00. The number of nitrogens with zero attached hydrogens (tertiary/aromatic N) is 4. The molecule has 0 aliphatic rings. The molecule has 4 rings (SSSR count). The average Bonchev–Trinajstić information content (AvgIpc) is 2.85. The van der Waals surface area contributed by atoms with Crippen LogP contribution in [0.5, 0.6) is 0 Å². The van der Waals surface area contributed by atoms with Gasteiger partial charge in [-0.25, -0.2) is 0 Å². The fourth-order valence-corrected chi connectivity index (χ4v) is 2.70. The molecule has 0 fully saturated rings. The van der Waals surface area contributed by atoms with Crippen molar-refractivity contribution >= 4 is 5.78 Å². The second kappa shape index (κ2) is 9.73. The van der Waals surface area contributed by atoms with Gasteiger partial charge in [0.05, 0.1) is 23.8 Å². The van der Waals surface area contributed by atoms with E-state index in [4.69, 9.17) is 0 Å². The van der Waals surface area contributed by atoms with E-state index >= 15 is 0 Å². The van der Waals surface area contributed by atoms with Crippen LogP contribution in [-0.4, -0.2) is 25.7 Å². The van der Waals surface area contributed by atoms with Crippen LogP contribution in [0.25, 0.3) is 22.5 Å². The standard InChI is InChI=1S/C26H15N4O/c31-24(13-8-21-6-11-23(12-7-21)26-19-28-15-17-30-26)3-1-2-20-4-9-22(10-5-20)25-18-27-14-16-29-25/h3-7,9-12,14-19H. The number of benzene rings is 2. The number of hydrogen-bond acceptors (Lipinski definition) is 5. The molecule has 2 heterocycles. The molecule has 0 unspecified atom stereocenters. The summed E-state index contributed by atoms with van der Waals surface area (Å²) in [5.74, 6) is 10.8. The van der Waals surface area contributed by atoms with Crippen LogP contribution in [0.3, 0.4) is 0 Å². The zero-order valence-corrected chi connectivity index (χ0v) is 16.4. The Labute approximate surface area is 180 Å². The molecule has 0 amide bonds. The van der Waals surface area contributed by atoms with Gasteiger partial charge >= 0.3 is 0 Å². The van der Waals surface area contributed by atoms with Gasteiger partial charge in [0.1, 0.15) is 6.42 Å². The minimum atomic E-state index is -0.346. The highest BCUT2D eigenvalue weighted by atomic mass is 16.1. The van der Waals surface area contributed by atoms with Crippen molar-refractivity contribution < 1.29 is 4.79 Å². The van der Waals surface area contributed by atoms with E-state index in [-0.39, 0.29) is 5.78 Å². The molecule has 2 aromatic carbocycles. The molecule has 0 N–H and O–H groups in total. The SMILES string of the molecule is O=C(C#Cc1ccc(-c2cnccn2)cc1)[CH]C#Cc1ccc(-c2cnccn2)cc1. The summed E-state index contributed by atoms with van der Waals surface area (Å²) in [5, 5.41) is 0. The van der Waals surface area contributed by atoms with Crippen LogP contribution in [0.4, 0.5) is 0 Å². The Morgan fingerprint density at radius 2 is 1.19 bits per heavy atom. The molecular weight excluding hydrogens is 384 g/mol. The van der Waals surface area contributed by atoms with Gasteiger partial charge in [0.25, 0.3) is 0 Å². The number of Topliss-reactive ketones (excluding diaryl/α,β-unsaturated/α-hetero) is 1. The molecule has 0 aliphatic carbocycles. The highest BCUT2D eigenvalue weighted by molar-refractivity contribution is 6.04. The molecule has 0 saturated carbocycles. The summed E-state index contributed by atoms with van der Waals surface area (Å²) in [6.45, 7) is 0. The van der Waals surface area contributed by atoms with Gasteiger partial charge in [0, 0.05) is 47.0 Å². The second-order valence-corrected chi connectivity index (χ2v) is 6.36. The lowest BCUT2D eigenvalue weighted by Gasteiger charge is -1.99. The first-order valence-corrected chi connectivity index (χ1v) is 9.41. The Bertz CT molecular complexity index is 1290. The summed E-state index contributed by atoms with van der Waals surface area (Å²) in [7, 11) is 0. The molecule has 0 saturated heterocycles. The predicted octanol–water partition coefficient (Wildman–Crippen LogP) is 3.78. The maximum absolute atomic E-state index is 12.0. The van der Waals surface area contributed by atoms with E-state index in [9.17, 15) is 4.79 Å². The zero-order chi connectivity index (χ0) is 21.3. The average molecular weight is 399 g/mol. The van der Waals surface area contributed by atoms with Crippen molar-refractivity contribution in [3.05, 3.63) is 103 Å². The number of aromatic nitrogens is 4. The molecular formula is C26H15N4O. The molecule has 5 heteroatoms. The Balaban J connectivity index is 1.34. The van der Waals surface area contributed by atoms with E-state index < -0.39 is 0 Å². The van der Waals surface area contributed by atoms with Gasteiger partial charge in [0.15, 0.2) is 0 Å². The molecule has 0 atom stereocenters. The van der Waals surface area contributed by atoms with E-state index in [1.807, 2.05) is 48.5 Å². The van der Waals surface area contributed by atoms with Crippen molar-refractivity contribution in [1.82, 2.24) is 19.9 Å². The first-order valence-electron chi connectivity index (χ1n) is 9.41. The molecule has 4 aromatic rings. The summed E-state index contributed by atoms with van der Waals surface area (Å²) >= 11 is 0. The third kappa shape index (κ3) is 5.47. The van der Waals surface area contributed by atoms with Gasteiger partial charge in [-0.2, -0.15) is 0 Å². The number of carbonyl (C=O) groups excluding carboxylic acids is 1. The van der Waals surface area contributed by atoms with Crippen LogP contribution in [0.15, 0.2) is 85.7 Å². The van der Waals surface area contributed by atoms with Crippen LogP contribution in [-0.2, 0) is 4.79 Å². The highest BCUT2D eigenvalue weighted by Crippen LogP contribution is 2.16. The molecule has 0 bridgehead atoms. The maximum atomic E-state index is 12.0. The fourth-order valence-electron chi connectivity index (χ4n) is 2.70. The summed E-state index contributed by atoms with van der Waals surface area (Å²) in [6, 6.07) is 15.1. The molecule has 1 radical (unpaired) electrons. The van der Waals surface area contributed by atoms with Crippen LogP contribution in [0, 0.1) is 30.1 Å². The van der Waals surface area contributed by atoms with E-state index in [2.05, 4.69) is 43.6 Å². The normalized spacial score (nSPS) is 9.68. The van der Waals surface area contributed by atoms with Gasteiger partial charge in [-0.15, -0.1) is 0 Å². The van der Waals surface area contributed by atoms with Crippen molar-refractivity contribution in [3.8, 4) is 46.2 Å². The Hall–Kier alpha value is -4.61. The summed E-state index contributed by atoms with van der Waals surface area (Å²) in [6.07, 6.45) is 11.2. The number of ketones is 1. The van der Waals surface area contributed by atoms with Crippen molar-refractivity contribution in [2.45, 2.75) is 0 Å². The Kier molecular flexibility index (Phi) is 6.18. The fraction of sp³-hybridized carbons (Fsp3) is 0. The summed E-state index contributed by atoms with van der Waals surface area (Å²) < 4.78 is 0. The lowest BCUT2D eigenvalue weighted by Crippen LogP contribution is -1.92. The first kappa shape index (κ1) is 19.7. The second-order valence-electron chi connectivity index (χ2n) is 6.36. The monoisotopic (exact) mass is 399 g/mol. The van der Waals surface area contributed by atoms with E-state index in [1.165, 1.54) is 6.42 Å². The molecule has 0 spiro atoms. The van der Waals surface area contributed by atoms with E-state index in [1.54, 1.807) is 37.2 Å². The number of hydrogen-bond donors (Lipinski definition) is 0. The Morgan fingerprint density at radius 1 is 0.677 bits per heavy atom.